The van der Waals surface area contributed by atoms with Crippen LogP contribution < -0.4 is 5.32 Å². The van der Waals surface area contributed by atoms with Crippen molar-refractivity contribution in [1.82, 2.24) is 15.2 Å². The maximum Gasteiger partial charge on any atom is 0.255 e. The number of pyridine rings is 1. The fourth-order valence-corrected chi connectivity index (χ4v) is 1.99. The number of hydrogen-bond donors (Lipinski definition) is 1. The number of rotatable bonds is 8. The smallest absolute Gasteiger partial charge is 0.255 e. The van der Waals surface area contributed by atoms with Crippen LogP contribution >= 0.6 is 0 Å². The Morgan fingerprint density at radius 1 is 1.24 bits per heavy atom. The number of carbonyl (C=O) groups excluding carboxylic acids is 2. The van der Waals surface area contributed by atoms with Gasteiger partial charge >= 0.3 is 0 Å². The van der Waals surface area contributed by atoms with Crippen LogP contribution in [0.5, 0.6) is 0 Å². The summed E-state index contributed by atoms with van der Waals surface area (Å²) in [6, 6.07) is 1.59. The van der Waals surface area contributed by atoms with Crippen molar-refractivity contribution >= 4 is 11.8 Å². The van der Waals surface area contributed by atoms with Crippen LogP contribution in [-0.2, 0) is 0 Å². The molecule has 0 fully saturated rings. The Morgan fingerprint density at radius 3 is 2.43 bits per heavy atom. The van der Waals surface area contributed by atoms with Crippen molar-refractivity contribution in [2.24, 2.45) is 0 Å². The number of hydrogen-bond acceptors (Lipinski definition) is 3. The molecule has 1 rings (SSSR count). The molecule has 0 bridgehead atoms. The summed E-state index contributed by atoms with van der Waals surface area (Å²) in [4.78, 5) is 30.1. The van der Waals surface area contributed by atoms with E-state index in [0.717, 1.165) is 12.8 Å². The van der Waals surface area contributed by atoms with Crippen LogP contribution in [-0.4, -0.2) is 41.3 Å². The predicted molar refractivity (Wildman–Crippen MR) is 83.3 cm³/mol. The molecule has 0 aliphatic carbocycles. The van der Waals surface area contributed by atoms with Gasteiger partial charge in [-0.05, 0) is 18.9 Å². The highest BCUT2D eigenvalue weighted by molar-refractivity contribution is 5.99. The summed E-state index contributed by atoms with van der Waals surface area (Å²) in [7, 11) is 0. The first-order valence-corrected chi connectivity index (χ1v) is 7.27. The van der Waals surface area contributed by atoms with Gasteiger partial charge in [0.2, 0.25) is 0 Å². The normalized spacial score (nSPS) is 10.0. The van der Waals surface area contributed by atoms with E-state index in [2.05, 4.69) is 16.9 Å². The number of amides is 2. The van der Waals surface area contributed by atoms with Gasteiger partial charge in [0, 0.05) is 32.0 Å². The molecule has 5 nitrogen and oxygen atoms in total. The highest BCUT2D eigenvalue weighted by atomic mass is 16.2. The van der Waals surface area contributed by atoms with Crippen molar-refractivity contribution in [2.75, 3.05) is 19.6 Å². The molecule has 0 aliphatic rings. The Balaban J connectivity index is 2.89. The molecule has 2 amide bonds. The first kappa shape index (κ1) is 16.9. The van der Waals surface area contributed by atoms with Crippen molar-refractivity contribution < 1.29 is 9.59 Å². The first-order chi connectivity index (χ1) is 10.1. The molecular formula is C16H23N3O2. The second-order valence-corrected chi connectivity index (χ2v) is 4.75. The van der Waals surface area contributed by atoms with Crippen molar-refractivity contribution in [2.45, 2.75) is 26.7 Å². The third kappa shape index (κ3) is 5.02. The zero-order valence-electron chi connectivity index (χ0n) is 12.8. The molecule has 1 aromatic rings. The maximum atomic E-state index is 12.5. The Kier molecular flexibility index (Phi) is 7.15. The van der Waals surface area contributed by atoms with Crippen molar-refractivity contribution in [3.8, 4) is 0 Å². The van der Waals surface area contributed by atoms with E-state index in [9.17, 15) is 9.59 Å². The van der Waals surface area contributed by atoms with Gasteiger partial charge in [-0.2, -0.15) is 0 Å². The minimum absolute atomic E-state index is 0.0791. The molecule has 0 aromatic carbocycles. The molecule has 0 radical (unpaired) electrons. The van der Waals surface area contributed by atoms with E-state index in [4.69, 9.17) is 0 Å². The molecular weight excluding hydrogens is 266 g/mol. The SMILES string of the molecule is C=CCNC(=O)c1cncc(C(=O)N(CCC)CCC)c1. The van der Waals surface area contributed by atoms with E-state index >= 15 is 0 Å². The number of nitrogens with one attached hydrogen (secondary N) is 1. The fourth-order valence-electron chi connectivity index (χ4n) is 1.99. The van der Waals surface area contributed by atoms with Crippen LogP contribution in [0.1, 0.15) is 47.4 Å². The maximum absolute atomic E-state index is 12.5. The molecule has 0 spiro atoms. The Hall–Kier alpha value is -2.17. The second kappa shape index (κ2) is 8.89. The van der Waals surface area contributed by atoms with E-state index in [-0.39, 0.29) is 11.8 Å². The van der Waals surface area contributed by atoms with Gasteiger partial charge < -0.3 is 10.2 Å². The Bertz CT molecular complexity index is 494. The van der Waals surface area contributed by atoms with Gasteiger partial charge in [0.1, 0.15) is 0 Å². The van der Waals surface area contributed by atoms with E-state index in [0.29, 0.717) is 30.8 Å². The summed E-state index contributed by atoms with van der Waals surface area (Å²) in [5, 5.41) is 2.67. The lowest BCUT2D eigenvalue weighted by Crippen LogP contribution is -2.33. The van der Waals surface area contributed by atoms with Gasteiger partial charge in [-0.3, -0.25) is 14.6 Å². The van der Waals surface area contributed by atoms with Gasteiger partial charge in [0.05, 0.1) is 11.1 Å². The van der Waals surface area contributed by atoms with E-state index < -0.39 is 0 Å². The number of aromatic nitrogens is 1. The topological polar surface area (TPSA) is 62.3 Å². The lowest BCUT2D eigenvalue weighted by Gasteiger charge is -2.21. The molecule has 0 atom stereocenters. The van der Waals surface area contributed by atoms with Crippen LogP contribution in [0.2, 0.25) is 0 Å². The minimum Gasteiger partial charge on any atom is -0.349 e. The van der Waals surface area contributed by atoms with Crippen LogP contribution in [0.25, 0.3) is 0 Å². The Labute approximate surface area is 126 Å². The lowest BCUT2D eigenvalue weighted by molar-refractivity contribution is 0.0755. The summed E-state index contributed by atoms with van der Waals surface area (Å²) in [5.41, 5.74) is 0.832. The molecule has 1 N–H and O–H groups in total. The molecule has 114 valence electrons. The molecule has 5 heteroatoms. The fraction of sp³-hybridized carbons (Fsp3) is 0.438. The standard InChI is InChI=1S/C16H23N3O2/c1-4-7-18-15(20)13-10-14(12-17-11-13)16(21)19(8-5-2)9-6-3/h4,10-12H,1,5-9H2,2-3H3,(H,18,20). The van der Waals surface area contributed by atoms with Crippen LogP contribution in [0.15, 0.2) is 31.1 Å². The van der Waals surface area contributed by atoms with E-state index in [1.54, 1.807) is 17.0 Å². The van der Waals surface area contributed by atoms with Gasteiger partial charge in [-0.15, -0.1) is 6.58 Å². The largest absolute Gasteiger partial charge is 0.349 e. The van der Waals surface area contributed by atoms with Crippen LogP contribution in [0.3, 0.4) is 0 Å². The summed E-state index contributed by atoms with van der Waals surface area (Å²) in [6.07, 6.45) is 6.37. The number of carbonyl (C=O) groups is 2. The number of nitrogens with zero attached hydrogens (tertiary/aromatic N) is 2. The van der Waals surface area contributed by atoms with Crippen molar-refractivity contribution in [1.29, 1.82) is 0 Å². The summed E-state index contributed by atoms with van der Waals surface area (Å²) in [6.45, 7) is 9.41. The molecule has 0 aliphatic heterocycles. The zero-order chi connectivity index (χ0) is 15.7. The highest BCUT2D eigenvalue weighted by Gasteiger charge is 2.16. The molecule has 21 heavy (non-hydrogen) atoms. The molecule has 0 saturated heterocycles. The van der Waals surface area contributed by atoms with Crippen molar-refractivity contribution in [3.05, 3.63) is 42.2 Å². The molecule has 1 aromatic heterocycles. The lowest BCUT2D eigenvalue weighted by atomic mass is 10.1. The molecule has 0 unspecified atom stereocenters. The zero-order valence-corrected chi connectivity index (χ0v) is 12.8. The quantitative estimate of drug-likeness (QED) is 0.747. The molecule has 1 heterocycles. The second-order valence-electron chi connectivity index (χ2n) is 4.75. The first-order valence-electron chi connectivity index (χ1n) is 7.27. The monoisotopic (exact) mass is 289 g/mol. The third-order valence-corrected chi connectivity index (χ3v) is 2.93. The van der Waals surface area contributed by atoms with Gasteiger partial charge in [-0.25, -0.2) is 0 Å². The van der Waals surface area contributed by atoms with Gasteiger partial charge in [-0.1, -0.05) is 19.9 Å². The molecule has 0 saturated carbocycles. The van der Waals surface area contributed by atoms with Crippen LogP contribution in [0.4, 0.5) is 0 Å². The highest BCUT2D eigenvalue weighted by Crippen LogP contribution is 2.08. The third-order valence-electron chi connectivity index (χ3n) is 2.93. The van der Waals surface area contributed by atoms with Gasteiger partial charge in [0.15, 0.2) is 0 Å². The summed E-state index contributed by atoms with van der Waals surface area (Å²) in [5.74, 6) is -0.334. The minimum atomic E-state index is -0.255. The van der Waals surface area contributed by atoms with Crippen LogP contribution in [0, 0.1) is 0 Å². The predicted octanol–water partition coefficient (Wildman–Crippen LogP) is 2.26. The summed E-state index contributed by atoms with van der Waals surface area (Å²) < 4.78 is 0. The Morgan fingerprint density at radius 2 is 1.86 bits per heavy atom. The van der Waals surface area contributed by atoms with E-state index in [1.165, 1.54) is 12.4 Å². The van der Waals surface area contributed by atoms with Gasteiger partial charge in [0.25, 0.3) is 11.8 Å². The summed E-state index contributed by atoms with van der Waals surface area (Å²) >= 11 is 0. The average Bonchev–Trinajstić information content (AvgIpc) is 2.51. The average molecular weight is 289 g/mol. The van der Waals surface area contributed by atoms with E-state index in [1.807, 2.05) is 13.8 Å². The van der Waals surface area contributed by atoms with Crippen molar-refractivity contribution in [3.63, 3.8) is 0 Å².